The summed E-state index contributed by atoms with van der Waals surface area (Å²) in [5.41, 5.74) is 3.20. The molecule has 1 N–H and O–H groups in total. The van der Waals surface area contributed by atoms with E-state index in [4.69, 9.17) is 4.84 Å². The maximum Gasteiger partial charge on any atom is 0.281 e. The topological polar surface area (TPSA) is 59.4 Å². The van der Waals surface area contributed by atoms with Crippen molar-refractivity contribution >= 4 is 5.71 Å². The van der Waals surface area contributed by atoms with E-state index in [1.165, 1.54) is 11.8 Å². The molecule has 0 saturated heterocycles. The first kappa shape index (κ1) is 14.8. The van der Waals surface area contributed by atoms with E-state index in [2.05, 4.69) is 10.3 Å². The number of rotatable bonds is 4. The van der Waals surface area contributed by atoms with Gasteiger partial charge in [0.25, 0.3) is 5.56 Å². The normalized spacial score (nSPS) is 11.5. The Bertz CT molecular complexity index is 878. The number of aromatic nitrogens is 2. The first-order valence-corrected chi connectivity index (χ1v) is 7.26. The van der Waals surface area contributed by atoms with Gasteiger partial charge in [-0.1, -0.05) is 53.7 Å². The molecule has 0 amide bonds. The molecule has 0 spiro atoms. The second kappa shape index (κ2) is 6.36. The molecule has 1 aromatic heterocycles. The molecular weight excluding hydrogens is 290 g/mol. The highest BCUT2D eigenvalue weighted by molar-refractivity contribution is 6.13. The summed E-state index contributed by atoms with van der Waals surface area (Å²) in [7, 11) is 1.47. The van der Waals surface area contributed by atoms with Crippen molar-refractivity contribution in [3.05, 3.63) is 87.8 Å². The number of H-pyrrole nitrogens is 1. The van der Waals surface area contributed by atoms with E-state index in [0.29, 0.717) is 11.3 Å². The number of aromatic amines is 1. The van der Waals surface area contributed by atoms with Crippen LogP contribution in [-0.2, 0) is 4.84 Å². The van der Waals surface area contributed by atoms with Gasteiger partial charge in [0.2, 0.25) is 0 Å². The highest BCUT2D eigenvalue weighted by Crippen LogP contribution is 2.13. The molecule has 3 rings (SSSR count). The Morgan fingerprint density at radius 1 is 1.04 bits per heavy atom. The molecule has 0 radical (unpaired) electrons. The zero-order chi connectivity index (χ0) is 16.2. The lowest BCUT2D eigenvalue weighted by Gasteiger charge is -2.03. The minimum Gasteiger partial charge on any atom is -0.399 e. The molecule has 0 unspecified atom stereocenters. The highest BCUT2D eigenvalue weighted by atomic mass is 16.6. The Kier molecular flexibility index (Phi) is 4.10. The molecule has 23 heavy (non-hydrogen) atoms. The molecule has 2 aromatic carbocycles. The third-order valence-electron chi connectivity index (χ3n) is 3.55. The van der Waals surface area contributed by atoms with Crippen molar-refractivity contribution in [3.63, 3.8) is 0 Å². The van der Waals surface area contributed by atoms with Crippen LogP contribution in [-0.4, -0.2) is 22.6 Å². The average Bonchev–Trinajstić information content (AvgIpc) is 2.89. The third kappa shape index (κ3) is 2.81. The van der Waals surface area contributed by atoms with E-state index >= 15 is 0 Å². The van der Waals surface area contributed by atoms with Crippen LogP contribution in [0.1, 0.15) is 16.8 Å². The SMILES string of the molecule is CO/N=C(/c1ccccc1)c1c(C)[nH]n(-c2ccccc2)c1=O. The van der Waals surface area contributed by atoms with Crippen LogP contribution in [0, 0.1) is 6.92 Å². The molecular formula is C18H17N3O2. The van der Waals surface area contributed by atoms with Crippen LogP contribution < -0.4 is 5.56 Å². The fourth-order valence-corrected chi connectivity index (χ4v) is 2.51. The quantitative estimate of drug-likeness (QED) is 0.595. The second-order valence-electron chi connectivity index (χ2n) is 5.08. The molecule has 1 heterocycles. The number of aryl methyl sites for hydroxylation is 1. The van der Waals surface area contributed by atoms with E-state index < -0.39 is 0 Å². The number of oxime groups is 1. The van der Waals surface area contributed by atoms with Gasteiger partial charge in [-0.15, -0.1) is 0 Å². The lowest BCUT2D eigenvalue weighted by molar-refractivity contribution is 0.214. The fraction of sp³-hybridized carbons (Fsp3) is 0.111. The van der Waals surface area contributed by atoms with E-state index in [1.807, 2.05) is 67.6 Å². The zero-order valence-electron chi connectivity index (χ0n) is 13.0. The Labute approximate surface area is 133 Å². The number of nitrogens with zero attached hydrogens (tertiary/aromatic N) is 2. The van der Waals surface area contributed by atoms with E-state index in [0.717, 1.165) is 16.9 Å². The van der Waals surface area contributed by atoms with Gasteiger partial charge in [0.1, 0.15) is 12.8 Å². The van der Waals surface area contributed by atoms with Crippen molar-refractivity contribution in [2.75, 3.05) is 7.11 Å². The van der Waals surface area contributed by atoms with Gasteiger partial charge in [-0.3, -0.25) is 9.89 Å². The van der Waals surface area contributed by atoms with Gasteiger partial charge < -0.3 is 4.84 Å². The summed E-state index contributed by atoms with van der Waals surface area (Å²) in [5.74, 6) is 0. The van der Waals surface area contributed by atoms with Gasteiger partial charge in [0, 0.05) is 11.3 Å². The Hall–Kier alpha value is -3.08. The number of benzene rings is 2. The molecule has 3 aromatic rings. The van der Waals surface area contributed by atoms with Crippen molar-refractivity contribution in [1.29, 1.82) is 0 Å². The van der Waals surface area contributed by atoms with Crippen LogP contribution in [0.25, 0.3) is 5.69 Å². The third-order valence-corrected chi connectivity index (χ3v) is 3.55. The molecule has 0 aliphatic carbocycles. The van der Waals surface area contributed by atoms with Crippen molar-refractivity contribution < 1.29 is 4.84 Å². The van der Waals surface area contributed by atoms with Crippen molar-refractivity contribution in [2.45, 2.75) is 6.92 Å². The first-order valence-electron chi connectivity index (χ1n) is 7.26. The smallest absolute Gasteiger partial charge is 0.281 e. The van der Waals surface area contributed by atoms with Crippen molar-refractivity contribution in [3.8, 4) is 5.69 Å². The number of hydrogen-bond donors (Lipinski definition) is 1. The summed E-state index contributed by atoms with van der Waals surface area (Å²) in [6, 6.07) is 18.9. The van der Waals surface area contributed by atoms with Gasteiger partial charge in [0.05, 0.1) is 11.3 Å². The molecule has 0 aliphatic heterocycles. The molecule has 116 valence electrons. The Balaban J connectivity index is 2.18. The minimum absolute atomic E-state index is 0.159. The van der Waals surface area contributed by atoms with Gasteiger partial charge >= 0.3 is 0 Å². The highest BCUT2D eigenvalue weighted by Gasteiger charge is 2.19. The summed E-state index contributed by atoms with van der Waals surface area (Å²) in [4.78, 5) is 17.8. The molecule has 0 atom stereocenters. The summed E-state index contributed by atoms with van der Waals surface area (Å²) in [6.07, 6.45) is 0. The molecule has 0 saturated carbocycles. The van der Waals surface area contributed by atoms with E-state index in [1.54, 1.807) is 0 Å². The van der Waals surface area contributed by atoms with Crippen molar-refractivity contribution in [2.24, 2.45) is 5.16 Å². The van der Waals surface area contributed by atoms with Gasteiger partial charge in [0.15, 0.2) is 0 Å². The summed E-state index contributed by atoms with van der Waals surface area (Å²) >= 11 is 0. The predicted molar refractivity (Wildman–Crippen MR) is 90.2 cm³/mol. The van der Waals surface area contributed by atoms with Gasteiger partial charge in [-0.2, -0.15) is 0 Å². The first-order chi connectivity index (χ1) is 11.2. The minimum atomic E-state index is -0.159. The van der Waals surface area contributed by atoms with Crippen LogP contribution in [0.5, 0.6) is 0 Å². The maximum absolute atomic E-state index is 12.9. The van der Waals surface area contributed by atoms with Gasteiger partial charge in [-0.05, 0) is 19.1 Å². The molecule has 5 heteroatoms. The zero-order valence-corrected chi connectivity index (χ0v) is 13.0. The molecule has 5 nitrogen and oxygen atoms in total. The van der Waals surface area contributed by atoms with Gasteiger partial charge in [-0.25, -0.2) is 4.68 Å². The van der Waals surface area contributed by atoms with Crippen LogP contribution in [0.15, 0.2) is 70.6 Å². The van der Waals surface area contributed by atoms with Crippen LogP contribution in [0.3, 0.4) is 0 Å². The molecule has 0 bridgehead atoms. The van der Waals surface area contributed by atoms with E-state index in [9.17, 15) is 4.79 Å². The van der Waals surface area contributed by atoms with E-state index in [-0.39, 0.29) is 5.56 Å². The Morgan fingerprint density at radius 2 is 1.65 bits per heavy atom. The predicted octanol–water partition coefficient (Wildman–Crippen LogP) is 2.87. The van der Waals surface area contributed by atoms with Crippen LogP contribution >= 0.6 is 0 Å². The van der Waals surface area contributed by atoms with Crippen LogP contribution in [0.4, 0.5) is 0 Å². The molecule has 0 aliphatic rings. The monoisotopic (exact) mass is 307 g/mol. The van der Waals surface area contributed by atoms with Crippen LogP contribution in [0.2, 0.25) is 0 Å². The Morgan fingerprint density at radius 3 is 2.26 bits per heavy atom. The largest absolute Gasteiger partial charge is 0.399 e. The number of nitrogens with one attached hydrogen (secondary N) is 1. The summed E-state index contributed by atoms with van der Waals surface area (Å²) < 4.78 is 1.51. The second-order valence-corrected chi connectivity index (χ2v) is 5.08. The average molecular weight is 307 g/mol. The molecule has 0 fully saturated rings. The lowest BCUT2D eigenvalue weighted by Crippen LogP contribution is -2.21. The summed E-state index contributed by atoms with van der Waals surface area (Å²) in [5, 5.41) is 7.18. The number of hydrogen-bond acceptors (Lipinski definition) is 3. The maximum atomic E-state index is 12.9. The lowest BCUT2D eigenvalue weighted by atomic mass is 10.0. The number of para-hydroxylation sites is 1. The summed E-state index contributed by atoms with van der Waals surface area (Å²) in [6.45, 7) is 1.85. The van der Waals surface area contributed by atoms with Crippen molar-refractivity contribution in [1.82, 2.24) is 9.78 Å². The standard InChI is InChI=1S/C18H17N3O2/c1-13-16(17(20-23-2)14-9-5-3-6-10-14)18(22)21(19-13)15-11-7-4-8-12-15/h3-12,19H,1-2H3/b20-17-. The fourth-order valence-electron chi connectivity index (χ4n) is 2.51.